The van der Waals surface area contributed by atoms with E-state index in [0.29, 0.717) is 78.5 Å². The van der Waals surface area contributed by atoms with Gasteiger partial charge in [-0.2, -0.15) is 0 Å². The van der Waals surface area contributed by atoms with Gasteiger partial charge in [0.15, 0.2) is 0 Å². The Balaban J connectivity index is 2.04. The Bertz CT molecular complexity index is 373. The van der Waals surface area contributed by atoms with Gasteiger partial charge in [-0.05, 0) is 0 Å². The van der Waals surface area contributed by atoms with Crippen LogP contribution in [0.2, 0.25) is 0 Å². The first kappa shape index (κ1) is 20.0. The first-order chi connectivity index (χ1) is 12.6. The van der Waals surface area contributed by atoms with E-state index in [2.05, 4.69) is 41.7 Å². The molecule has 0 aromatic carbocycles. The van der Waals surface area contributed by atoms with Crippen molar-refractivity contribution in [2.45, 2.75) is 0 Å². The molecule has 0 aromatic rings. The van der Waals surface area contributed by atoms with Gasteiger partial charge in [-0.15, -0.1) is 0 Å². The van der Waals surface area contributed by atoms with Gasteiger partial charge in [0, 0.05) is 78.5 Å². The molecule has 0 aromatic heterocycles. The smallest absolute Gasteiger partial charge is 0.314 e. The SMILES string of the molecule is O=C1NCCN2CCNC(=O)NCCN(CCN1)CCNC(=O)NCC2. The molecule has 11 heteroatoms. The quantitative estimate of drug-likeness (QED) is 0.281. The molecule has 11 nitrogen and oxygen atoms in total. The zero-order valence-corrected chi connectivity index (χ0v) is 15.1. The minimum Gasteiger partial charge on any atom is -0.337 e. The second-order valence-electron chi connectivity index (χ2n) is 6.23. The molecule has 0 atom stereocenters. The van der Waals surface area contributed by atoms with E-state index >= 15 is 0 Å². The molecule has 0 unspecified atom stereocenters. The Morgan fingerprint density at radius 2 is 0.615 bits per heavy atom. The summed E-state index contributed by atoms with van der Waals surface area (Å²) in [6.45, 7) is 6.75. The van der Waals surface area contributed by atoms with E-state index in [1.54, 1.807) is 0 Å². The van der Waals surface area contributed by atoms with Gasteiger partial charge in [0.1, 0.15) is 0 Å². The Morgan fingerprint density at radius 1 is 0.423 bits per heavy atom. The number of hydrogen-bond donors (Lipinski definition) is 6. The van der Waals surface area contributed by atoms with Gasteiger partial charge in [0.2, 0.25) is 0 Å². The van der Waals surface area contributed by atoms with Crippen LogP contribution in [-0.2, 0) is 0 Å². The molecule has 3 heterocycles. The number of nitrogens with one attached hydrogen (secondary N) is 6. The van der Waals surface area contributed by atoms with Crippen LogP contribution in [0.4, 0.5) is 14.4 Å². The number of nitrogens with zero attached hydrogens (tertiary/aromatic N) is 2. The van der Waals surface area contributed by atoms with Crippen molar-refractivity contribution in [1.82, 2.24) is 41.7 Å². The maximum absolute atomic E-state index is 11.9. The highest BCUT2D eigenvalue weighted by Gasteiger charge is 2.12. The highest BCUT2D eigenvalue weighted by Crippen LogP contribution is 1.90. The summed E-state index contributed by atoms with van der Waals surface area (Å²) < 4.78 is 0. The zero-order chi connectivity index (χ0) is 18.6. The van der Waals surface area contributed by atoms with Crippen LogP contribution in [0.25, 0.3) is 0 Å². The first-order valence-electron chi connectivity index (χ1n) is 9.13. The van der Waals surface area contributed by atoms with E-state index in [4.69, 9.17) is 0 Å². The number of carbonyl (C=O) groups is 3. The lowest BCUT2D eigenvalue weighted by Gasteiger charge is -2.26. The third kappa shape index (κ3) is 8.21. The van der Waals surface area contributed by atoms with Gasteiger partial charge >= 0.3 is 18.1 Å². The van der Waals surface area contributed by atoms with Crippen molar-refractivity contribution < 1.29 is 14.4 Å². The van der Waals surface area contributed by atoms with Crippen molar-refractivity contribution in [1.29, 1.82) is 0 Å². The third-order valence-electron chi connectivity index (χ3n) is 4.28. The molecule has 3 saturated heterocycles. The van der Waals surface area contributed by atoms with Crippen LogP contribution in [0.5, 0.6) is 0 Å². The van der Waals surface area contributed by atoms with E-state index in [1.165, 1.54) is 0 Å². The van der Waals surface area contributed by atoms with Crippen molar-refractivity contribution in [3.63, 3.8) is 0 Å². The fourth-order valence-corrected chi connectivity index (χ4v) is 2.82. The zero-order valence-electron chi connectivity index (χ0n) is 15.1. The van der Waals surface area contributed by atoms with Gasteiger partial charge in [-0.1, -0.05) is 0 Å². The number of amides is 6. The summed E-state index contributed by atoms with van der Waals surface area (Å²) >= 11 is 0. The summed E-state index contributed by atoms with van der Waals surface area (Å²) in [6.07, 6.45) is 0. The summed E-state index contributed by atoms with van der Waals surface area (Å²) in [4.78, 5) is 39.7. The summed E-state index contributed by atoms with van der Waals surface area (Å²) in [6, 6.07) is -0.536. The molecular weight excluding hydrogens is 340 g/mol. The van der Waals surface area contributed by atoms with Gasteiger partial charge in [-0.3, -0.25) is 9.80 Å². The van der Waals surface area contributed by atoms with Crippen LogP contribution in [0.15, 0.2) is 0 Å². The average molecular weight is 370 g/mol. The molecule has 6 N–H and O–H groups in total. The molecule has 148 valence electrons. The summed E-state index contributed by atoms with van der Waals surface area (Å²) in [5.74, 6) is 0. The minimum absolute atomic E-state index is 0.179. The molecule has 0 radical (unpaired) electrons. The van der Waals surface area contributed by atoms with Crippen LogP contribution in [0, 0.1) is 0 Å². The maximum Gasteiger partial charge on any atom is 0.314 e. The number of carbonyl (C=O) groups excluding carboxylic acids is 3. The van der Waals surface area contributed by atoms with Crippen LogP contribution in [0.1, 0.15) is 0 Å². The molecule has 2 bridgehead atoms. The highest BCUT2D eigenvalue weighted by molar-refractivity contribution is 5.74. The predicted octanol–water partition coefficient (Wildman–Crippen LogP) is -2.48. The van der Waals surface area contributed by atoms with E-state index in [9.17, 15) is 14.4 Å². The van der Waals surface area contributed by atoms with E-state index in [1.807, 2.05) is 0 Å². The molecule has 3 aliphatic heterocycles. The minimum atomic E-state index is -0.179. The normalized spacial score (nSPS) is 27.5. The number of urea groups is 3. The van der Waals surface area contributed by atoms with Crippen molar-refractivity contribution >= 4 is 18.1 Å². The van der Waals surface area contributed by atoms with E-state index in [-0.39, 0.29) is 18.1 Å². The number of fused-ring (bicyclic) bond motifs is 18. The molecule has 0 spiro atoms. The number of hydrogen-bond acceptors (Lipinski definition) is 5. The molecular formula is C15H30N8O3. The summed E-state index contributed by atoms with van der Waals surface area (Å²) in [5.41, 5.74) is 0. The standard InChI is InChI=1S/C15H30N8O3/c24-13-16-1-7-22-8-2-18-14(25)20-5-11-23(10-4-17-13)12-6-21-15(26)19-3-9-22/h1-12H2,(H2,16,17,24)(H2,18,20,25)(H2,19,21,26). The molecule has 0 saturated carbocycles. The lowest BCUT2D eigenvalue weighted by molar-refractivity contribution is 0.217. The average Bonchev–Trinajstić information content (AvgIpc) is 2.59. The Labute approximate surface area is 153 Å². The van der Waals surface area contributed by atoms with Crippen molar-refractivity contribution in [3.05, 3.63) is 0 Å². The van der Waals surface area contributed by atoms with Crippen LogP contribution in [0.3, 0.4) is 0 Å². The summed E-state index contributed by atoms with van der Waals surface area (Å²) in [7, 11) is 0. The highest BCUT2D eigenvalue weighted by atomic mass is 16.2. The van der Waals surface area contributed by atoms with Gasteiger partial charge < -0.3 is 31.9 Å². The van der Waals surface area contributed by atoms with Crippen molar-refractivity contribution in [2.75, 3.05) is 78.5 Å². The van der Waals surface area contributed by atoms with Gasteiger partial charge in [0.25, 0.3) is 0 Å². The van der Waals surface area contributed by atoms with Crippen LogP contribution < -0.4 is 31.9 Å². The number of rotatable bonds is 0. The summed E-state index contributed by atoms with van der Waals surface area (Å²) in [5, 5.41) is 17.0. The van der Waals surface area contributed by atoms with E-state index < -0.39 is 0 Å². The molecule has 3 aliphatic rings. The molecule has 6 amide bonds. The predicted molar refractivity (Wildman–Crippen MR) is 97.1 cm³/mol. The Kier molecular flexibility index (Phi) is 8.76. The fourth-order valence-electron chi connectivity index (χ4n) is 2.82. The molecule has 26 heavy (non-hydrogen) atoms. The third-order valence-corrected chi connectivity index (χ3v) is 4.28. The van der Waals surface area contributed by atoms with Gasteiger partial charge in [-0.25, -0.2) is 14.4 Å². The Morgan fingerprint density at radius 3 is 0.808 bits per heavy atom. The second-order valence-corrected chi connectivity index (χ2v) is 6.23. The van der Waals surface area contributed by atoms with Crippen LogP contribution in [-0.4, -0.2) is 106 Å². The van der Waals surface area contributed by atoms with E-state index in [0.717, 1.165) is 0 Å². The topological polar surface area (TPSA) is 130 Å². The fraction of sp³-hybridized carbons (Fsp3) is 0.800. The van der Waals surface area contributed by atoms with Crippen molar-refractivity contribution in [3.8, 4) is 0 Å². The molecule has 3 rings (SSSR count). The molecule has 3 fully saturated rings. The first-order valence-corrected chi connectivity index (χ1v) is 9.13. The monoisotopic (exact) mass is 370 g/mol. The Hall–Kier alpha value is -2.27. The van der Waals surface area contributed by atoms with Crippen LogP contribution >= 0.6 is 0 Å². The maximum atomic E-state index is 11.9. The largest absolute Gasteiger partial charge is 0.337 e. The van der Waals surface area contributed by atoms with Gasteiger partial charge in [0.05, 0.1) is 0 Å². The van der Waals surface area contributed by atoms with Crippen molar-refractivity contribution in [2.24, 2.45) is 0 Å². The lowest BCUT2D eigenvalue weighted by Crippen LogP contribution is -2.50. The lowest BCUT2D eigenvalue weighted by atomic mass is 10.4. The second kappa shape index (κ2) is 11.4. The molecule has 0 aliphatic carbocycles.